The molecule has 0 amide bonds. The van der Waals surface area contributed by atoms with Gasteiger partial charge in [-0.1, -0.05) is 97.1 Å². The van der Waals surface area contributed by atoms with Gasteiger partial charge in [-0.05, 0) is 77.1 Å². The number of rotatable bonds is 3. The van der Waals surface area contributed by atoms with E-state index in [2.05, 4.69) is 160 Å². The molecule has 0 fully saturated rings. The molecule has 0 bridgehead atoms. The maximum absolute atomic E-state index is 7.16. The zero-order valence-electron chi connectivity index (χ0n) is 25.7. The third kappa shape index (κ3) is 3.31. The van der Waals surface area contributed by atoms with Crippen molar-refractivity contribution in [2.75, 3.05) is 4.90 Å². The first-order valence-electron chi connectivity index (χ1n) is 16.3. The number of hydrogen-bond donors (Lipinski definition) is 0. The fourth-order valence-electron chi connectivity index (χ4n) is 8.13. The number of para-hydroxylation sites is 8. The summed E-state index contributed by atoms with van der Waals surface area (Å²) < 4.78 is 19.2. The molecule has 4 heterocycles. The molecular formula is C42H26BN3O2. The van der Waals surface area contributed by atoms with Gasteiger partial charge < -0.3 is 22.9 Å². The van der Waals surface area contributed by atoms with Crippen molar-refractivity contribution in [3.8, 4) is 11.4 Å². The Bertz CT molecular complexity index is 2620. The highest BCUT2D eigenvalue weighted by Crippen LogP contribution is 2.47. The number of aromatic nitrogens is 2. The Kier molecular flexibility index (Phi) is 5.13. The third-order valence-corrected chi connectivity index (χ3v) is 9.97. The van der Waals surface area contributed by atoms with Gasteiger partial charge in [0.25, 0.3) is 6.71 Å². The Morgan fingerprint density at radius 3 is 1.35 bits per heavy atom. The lowest BCUT2D eigenvalue weighted by Gasteiger charge is -2.37. The van der Waals surface area contributed by atoms with E-state index in [4.69, 9.17) is 8.83 Å². The smallest absolute Gasteiger partial charge is 0.252 e. The summed E-state index contributed by atoms with van der Waals surface area (Å²) in [6.45, 7) is -0.0222. The Hall–Kier alpha value is -6.40. The van der Waals surface area contributed by atoms with Crippen molar-refractivity contribution in [3.05, 3.63) is 158 Å². The lowest BCUT2D eigenvalue weighted by Crippen LogP contribution is -2.59. The summed E-state index contributed by atoms with van der Waals surface area (Å²) >= 11 is 0. The van der Waals surface area contributed by atoms with Crippen molar-refractivity contribution in [2.24, 2.45) is 0 Å². The van der Waals surface area contributed by atoms with Crippen LogP contribution in [-0.4, -0.2) is 15.8 Å². The van der Waals surface area contributed by atoms with Crippen LogP contribution in [0.15, 0.2) is 167 Å². The van der Waals surface area contributed by atoms with Crippen LogP contribution in [0.1, 0.15) is 0 Å². The van der Waals surface area contributed by atoms with Crippen molar-refractivity contribution < 1.29 is 8.83 Å². The van der Waals surface area contributed by atoms with E-state index in [1.165, 1.54) is 16.4 Å². The molecule has 7 aromatic carbocycles. The molecule has 0 radical (unpaired) electrons. The van der Waals surface area contributed by atoms with Crippen LogP contribution >= 0.6 is 0 Å². The molecular weight excluding hydrogens is 589 g/mol. The zero-order chi connectivity index (χ0) is 31.3. The van der Waals surface area contributed by atoms with Gasteiger partial charge >= 0.3 is 0 Å². The topological polar surface area (TPSA) is 39.4 Å². The number of anilines is 3. The Balaban J connectivity index is 1.48. The van der Waals surface area contributed by atoms with E-state index in [-0.39, 0.29) is 6.71 Å². The van der Waals surface area contributed by atoms with Crippen LogP contribution in [0, 0.1) is 0 Å². The van der Waals surface area contributed by atoms with Gasteiger partial charge in [0.1, 0.15) is 5.69 Å². The summed E-state index contributed by atoms with van der Waals surface area (Å²) in [5.74, 6) is 0. The quantitative estimate of drug-likeness (QED) is 0.147. The summed E-state index contributed by atoms with van der Waals surface area (Å²) in [6.07, 6.45) is 0. The molecule has 2 aliphatic heterocycles. The molecule has 11 rings (SSSR count). The van der Waals surface area contributed by atoms with Crippen LogP contribution in [0.3, 0.4) is 0 Å². The Morgan fingerprint density at radius 1 is 0.438 bits per heavy atom. The van der Waals surface area contributed by atoms with Gasteiger partial charge in [-0.15, -0.1) is 0 Å². The normalized spacial score (nSPS) is 12.5. The minimum absolute atomic E-state index is 0.0222. The number of nitrogens with zero attached hydrogens (tertiary/aromatic N) is 3. The number of fused-ring (bicyclic) bond motifs is 10. The molecule has 0 aliphatic carbocycles. The van der Waals surface area contributed by atoms with Crippen LogP contribution < -0.4 is 21.3 Å². The lowest BCUT2D eigenvalue weighted by atomic mass is 9.34. The minimum Gasteiger partial charge on any atom is -0.451 e. The van der Waals surface area contributed by atoms with Gasteiger partial charge in [0.15, 0.2) is 22.3 Å². The maximum Gasteiger partial charge on any atom is 0.252 e. The molecule has 48 heavy (non-hydrogen) atoms. The van der Waals surface area contributed by atoms with E-state index in [1.807, 2.05) is 12.1 Å². The SMILES string of the molecule is c1ccc(N(c2ccccc2)c2c3oc4ccccc4n4c3c3c5c2oc2ccccc2n5-c2ccccc2B3c2ccccc2-4)cc1. The van der Waals surface area contributed by atoms with Crippen LogP contribution in [0.5, 0.6) is 0 Å². The van der Waals surface area contributed by atoms with Crippen molar-refractivity contribution in [2.45, 2.75) is 0 Å². The standard InChI is InChI=1S/C42H26BN3O2/c1-3-15-27(16-4-1)44(28-17-5-2-6-18-28)40-41-38-37-39-42(40)48-36-26-14-12-24-34(36)46(39)32-22-10-8-20-30(32)43(37)29-19-7-9-21-31(29)45(38)33-23-11-13-25-35(33)47-41/h1-26H. The summed E-state index contributed by atoms with van der Waals surface area (Å²) in [5, 5.41) is 0. The molecule has 0 N–H and O–H groups in total. The molecule has 0 spiro atoms. The molecule has 9 aromatic rings. The fraction of sp³-hybridized carbons (Fsp3) is 0. The van der Waals surface area contributed by atoms with Gasteiger partial charge in [0, 0.05) is 22.7 Å². The van der Waals surface area contributed by atoms with Crippen LogP contribution in [0.2, 0.25) is 0 Å². The van der Waals surface area contributed by atoms with Gasteiger partial charge in [0.2, 0.25) is 0 Å². The summed E-state index contributed by atoms with van der Waals surface area (Å²) in [5.41, 5.74) is 16.2. The molecule has 224 valence electrons. The van der Waals surface area contributed by atoms with Gasteiger partial charge in [-0.3, -0.25) is 0 Å². The van der Waals surface area contributed by atoms with Crippen molar-refractivity contribution in [1.82, 2.24) is 9.13 Å². The molecule has 2 aromatic heterocycles. The average molecular weight is 616 g/mol. The van der Waals surface area contributed by atoms with E-state index in [1.54, 1.807) is 0 Å². The van der Waals surface area contributed by atoms with Gasteiger partial charge in [0.05, 0.1) is 22.1 Å². The van der Waals surface area contributed by atoms with E-state index in [0.717, 1.165) is 72.8 Å². The van der Waals surface area contributed by atoms with E-state index >= 15 is 0 Å². The maximum atomic E-state index is 7.16. The first-order chi connectivity index (χ1) is 23.9. The molecule has 5 nitrogen and oxygen atoms in total. The van der Waals surface area contributed by atoms with E-state index < -0.39 is 0 Å². The second-order valence-electron chi connectivity index (χ2n) is 12.5. The van der Waals surface area contributed by atoms with E-state index in [0.29, 0.717) is 0 Å². The first kappa shape index (κ1) is 25.8. The summed E-state index contributed by atoms with van der Waals surface area (Å²) in [4.78, 5) is 2.29. The predicted octanol–water partition coefficient (Wildman–Crippen LogP) is 8.80. The highest BCUT2D eigenvalue weighted by molar-refractivity contribution is 7.00. The zero-order valence-corrected chi connectivity index (χ0v) is 25.7. The van der Waals surface area contributed by atoms with Crippen molar-refractivity contribution in [1.29, 1.82) is 0 Å². The van der Waals surface area contributed by atoms with Crippen LogP contribution in [0.4, 0.5) is 17.1 Å². The highest BCUT2D eigenvalue weighted by Gasteiger charge is 2.42. The highest BCUT2D eigenvalue weighted by atomic mass is 16.3. The number of benzene rings is 7. The monoisotopic (exact) mass is 615 g/mol. The van der Waals surface area contributed by atoms with Crippen LogP contribution in [-0.2, 0) is 0 Å². The van der Waals surface area contributed by atoms with Crippen molar-refractivity contribution >= 4 is 84.6 Å². The minimum atomic E-state index is -0.0222. The molecule has 2 aliphatic rings. The summed E-state index contributed by atoms with van der Waals surface area (Å²) in [7, 11) is 0. The average Bonchev–Trinajstić information content (AvgIpc) is 3.16. The molecule has 0 saturated carbocycles. The summed E-state index contributed by atoms with van der Waals surface area (Å²) in [6, 6.07) is 55.4. The van der Waals surface area contributed by atoms with Crippen LogP contribution in [0.25, 0.3) is 55.8 Å². The largest absolute Gasteiger partial charge is 0.451 e. The second kappa shape index (κ2) is 9.56. The van der Waals surface area contributed by atoms with Gasteiger partial charge in [-0.2, -0.15) is 0 Å². The molecule has 0 saturated heterocycles. The molecule has 6 heteroatoms. The fourth-order valence-corrected chi connectivity index (χ4v) is 8.13. The molecule has 0 unspecified atom stereocenters. The number of hydrogen-bond acceptors (Lipinski definition) is 3. The van der Waals surface area contributed by atoms with E-state index in [9.17, 15) is 0 Å². The third-order valence-electron chi connectivity index (χ3n) is 9.97. The lowest BCUT2D eigenvalue weighted by molar-refractivity contribution is 0.640. The predicted molar refractivity (Wildman–Crippen MR) is 197 cm³/mol. The Labute approximate surface area is 275 Å². The molecule has 0 atom stereocenters. The Morgan fingerprint density at radius 2 is 0.854 bits per heavy atom. The van der Waals surface area contributed by atoms with Crippen molar-refractivity contribution in [3.63, 3.8) is 0 Å². The van der Waals surface area contributed by atoms with Gasteiger partial charge in [-0.25, -0.2) is 0 Å². The second-order valence-corrected chi connectivity index (χ2v) is 12.5. The first-order valence-corrected chi connectivity index (χ1v) is 16.3.